The number of hydrogen-bond donors (Lipinski definition) is 3. The lowest BCUT2D eigenvalue weighted by Gasteiger charge is -2.31. The lowest BCUT2D eigenvalue weighted by Crippen LogP contribution is -2.35. The third-order valence-corrected chi connectivity index (χ3v) is 2.92. The van der Waals surface area contributed by atoms with Crippen LogP contribution in [0.1, 0.15) is 27.2 Å². The SMILES string of the molecule is CC(C)(C)C(CCO)Nc1ncc(N)cc1Cl. The molecule has 5 heteroatoms. The van der Waals surface area contributed by atoms with Gasteiger partial charge in [0.2, 0.25) is 0 Å². The third-order valence-electron chi connectivity index (χ3n) is 2.64. The molecule has 0 aliphatic rings. The van der Waals surface area contributed by atoms with Gasteiger partial charge < -0.3 is 16.2 Å². The zero-order valence-electron chi connectivity index (χ0n) is 10.5. The van der Waals surface area contributed by atoms with Gasteiger partial charge in [0.05, 0.1) is 16.9 Å². The van der Waals surface area contributed by atoms with Gasteiger partial charge >= 0.3 is 0 Å². The van der Waals surface area contributed by atoms with Crippen LogP contribution < -0.4 is 11.1 Å². The summed E-state index contributed by atoms with van der Waals surface area (Å²) in [5.41, 5.74) is 6.13. The largest absolute Gasteiger partial charge is 0.397 e. The molecule has 0 radical (unpaired) electrons. The summed E-state index contributed by atoms with van der Waals surface area (Å²) < 4.78 is 0. The number of aliphatic hydroxyl groups is 1. The molecular formula is C12H20ClN3O. The Balaban J connectivity index is 2.86. The number of nitrogens with zero attached hydrogens (tertiary/aromatic N) is 1. The average Bonchev–Trinajstić information content (AvgIpc) is 2.19. The van der Waals surface area contributed by atoms with E-state index in [0.717, 1.165) is 0 Å². The van der Waals surface area contributed by atoms with Crippen LogP contribution in [0.15, 0.2) is 12.3 Å². The number of rotatable bonds is 4. The number of aliphatic hydroxyl groups excluding tert-OH is 1. The molecule has 4 nitrogen and oxygen atoms in total. The molecule has 1 unspecified atom stereocenters. The Bertz CT molecular complexity index is 377. The number of anilines is 2. The highest BCUT2D eigenvalue weighted by molar-refractivity contribution is 6.33. The van der Waals surface area contributed by atoms with Crippen molar-refractivity contribution in [3.05, 3.63) is 17.3 Å². The second-order valence-corrected chi connectivity index (χ2v) is 5.58. The molecule has 0 aliphatic heterocycles. The van der Waals surface area contributed by atoms with Crippen molar-refractivity contribution in [3.8, 4) is 0 Å². The zero-order chi connectivity index (χ0) is 13.1. The van der Waals surface area contributed by atoms with Crippen molar-refractivity contribution >= 4 is 23.1 Å². The van der Waals surface area contributed by atoms with E-state index in [1.54, 1.807) is 12.3 Å². The molecular weight excluding hydrogens is 238 g/mol. The van der Waals surface area contributed by atoms with E-state index in [1.165, 1.54) is 0 Å². The maximum Gasteiger partial charge on any atom is 0.145 e. The Hall–Kier alpha value is -1.00. The van der Waals surface area contributed by atoms with Crippen molar-refractivity contribution < 1.29 is 5.11 Å². The molecule has 1 rings (SSSR count). The number of nitrogens with one attached hydrogen (secondary N) is 1. The van der Waals surface area contributed by atoms with Crippen molar-refractivity contribution in [1.29, 1.82) is 0 Å². The Kier molecular flexibility index (Phi) is 4.60. The van der Waals surface area contributed by atoms with Crippen LogP contribution in [0.2, 0.25) is 5.02 Å². The molecule has 1 atom stereocenters. The molecule has 1 aromatic rings. The van der Waals surface area contributed by atoms with Gasteiger partial charge in [0, 0.05) is 12.6 Å². The highest BCUT2D eigenvalue weighted by atomic mass is 35.5. The van der Waals surface area contributed by atoms with Gasteiger partial charge in [-0.1, -0.05) is 32.4 Å². The van der Waals surface area contributed by atoms with Crippen LogP contribution >= 0.6 is 11.6 Å². The minimum atomic E-state index is 0.00905. The maximum absolute atomic E-state index is 9.08. The van der Waals surface area contributed by atoms with E-state index in [2.05, 4.69) is 31.1 Å². The smallest absolute Gasteiger partial charge is 0.145 e. The number of nitrogens with two attached hydrogens (primary N) is 1. The van der Waals surface area contributed by atoms with Gasteiger partial charge in [0.1, 0.15) is 5.82 Å². The topological polar surface area (TPSA) is 71.2 Å². The summed E-state index contributed by atoms with van der Waals surface area (Å²) in [6.45, 7) is 6.43. The van der Waals surface area contributed by atoms with Crippen LogP contribution in [0, 0.1) is 5.41 Å². The van der Waals surface area contributed by atoms with Gasteiger partial charge in [0.25, 0.3) is 0 Å². The standard InChI is InChI=1S/C12H20ClN3O/c1-12(2,3)10(4-5-17)16-11-9(13)6-8(14)7-15-11/h6-7,10,17H,4-5,14H2,1-3H3,(H,15,16). The molecule has 1 aromatic heterocycles. The van der Waals surface area contributed by atoms with Crippen molar-refractivity contribution in [2.75, 3.05) is 17.7 Å². The summed E-state index contributed by atoms with van der Waals surface area (Å²) in [5.74, 6) is 0.606. The number of nitrogen functional groups attached to an aromatic ring is 1. The van der Waals surface area contributed by atoms with Crippen LogP contribution in [0.25, 0.3) is 0 Å². The molecule has 4 N–H and O–H groups in total. The van der Waals surface area contributed by atoms with E-state index in [-0.39, 0.29) is 18.1 Å². The molecule has 0 saturated heterocycles. The monoisotopic (exact) mass is 257 g/mol. The molecule has 1 heterocycles. The van der Waals surface area contributed by atoms with E-state index in [9.17, 15) is 0 Å². The van der Waals surface area contributed by atoms with E-state index in [1.807, 2.05) is 0 Å². The molecule has 0 amide bonds. The summed E-state index contributed by atoms with van der Waals surface area (Å²) in [4.78, 5) is 4.16. The summed E-state index contributed by atoms with van der Waals surface area (Å²) in [6.07, 6.45) is 2.21. The average molecular weight is 258 g/mol. The summed E-state index contributed by atoms with van der Waals surface area (Å²) in [5, 5.41) is 12.8. The Morgan fingerprint density at radius 1 is 1.53 bits per heavy atom. The molecule has 17 heavy (non-hydrogen) atoms. The van der Waals surface area contributed by atoms with Crippen molar-refractivity contribution in [2.24, 2.45) is 5.41 Å². The lowest BCUT2D eigenvalue weighted by molar-refractivity contribution is 0.235. The first-order valence-electron chi connectivity index (χ1n) is 5.63. The van der Waals surface area contributed by atoms with Gasteiger partial charge in [0.15, 0.2) is 0 Å². The van der Waals surface area contributed by atoms with Gasteiger partial charge in [-0.25, -0.2) is 4.98 Å². The molecule has 96 valence electrons. The normalized spacial score (nSPS) is 13.5. The second kappa shape index (κ2) is 5.56. The summed E-state index contributed by atoms with van der Waals surface area (Å²) in [7, 11) is 0. The summed E-state index contributed by atoms with van der Waals surface area (Å²) in [6, 6.07) is 1.76. The van der Waals surface area contributed by atoms with Gasteiger partial charge in [-0.3, -0.25) is 0 Å². The predicted octanol–water partition coefficient (Wildman–Crippen LogP) is 2.53. The van der Waals surface area contributed by atoms with E-state index in [4.69, 9.17) is 22.4 Å². The third kappa shape index (κ3) is 4.06. The highest BCUT2D eigenvalue weighted by Crippen LogP contribution is 2.28. The first-order chi connectivity index (χ1) is 7.84. The minimum absolute atomic E-state index is 0.00905. The molecule has 0 bridgehead atoms. The Morgan fingerprint density at radius 2 is 2.18 bits per heavy atom. The highest BCUT2D eigenvalue weighted by Gasteiger charge is 2.24. The van der Waals surface area contributed by atoms with Crippen LogP contribution in [-0.2, 0) is 0 Å². The van der Waals surface area contributed by atoms with Crippen molar-refractivity contribution in [1.82, 2.24) is 4.98 Å². The van der Waals surface area contributed by atoms with Crippen molar-refractivity contribution in [2.45, 2.75) is 33.2 Å². The molecule has 0 saturated carbocycles. The van der Waals surface area contributed by atoms with Crippen molar-refractivity contribution in [3.63, 3.8) is 0 Å². The number of aromatic nitrogens is 1. The Labute approximate surface area is 107 Å². The van der Waals surface area contributed by atoms with Crippen LogP contribution in [0.5, 0.6) is 0 Å². The van der Waals surface area contributed by atoms with E-state index in [0.29, 0.717) is 22.9 Å². The van der Waals surface area contributed by atoms with Gasteiger partial charge in [-0.15, -0.1) is 0 Å². The molecule has 0 aliphatic carbocycles. The fourth-order valence-corrected chi connectivity index (χ4v) is 1.80. The van der Waals surface area contributed by atoms with Crippen LogP contribution in [0.4, 0.5) is 11.5 Å². The number of hydrogen-bond acceptors (Lipinski definition) is 4. The molecule has 0 fully saturated rings. The fraction of sp³-hybridized carbons (Fsp3) is 0.583. The fourth-order valence-electron chi connectivity index (χ4n) is 1.57. The number of pyridine rings is 1. The summed E-state index contributed by atoms with van der Waals surface area (Å²) >= 11 is 6.06. The van der Waals surface area contributed by atoms with E-state index < -0.39 is 0 Å². The van der Waals surface area contributed by atoms with Crippen LogP contribution in [-0.4, -0.2) is 22.7 Å². The van der Waals surface area contributed by atoms with Crippen LogP contribution in [0.3, 0.4) is 0 Å². The second-order valence-electron chi connectivity index (χ2n) is 5.17. The Morgan fingerprint density at radius 3 is 2.65 bits per heavy atom. The zero-order valence-corrected chi connectivity index (χ0v) is 11.3. The number of halogens is 1. The first kappa shape index (κ1) is 14.1. The first-order valence-corrected chi connectivity index (χ1v) is 6.01. The quantitative estimate of drug-likeness (QED) is 0.775. The molecule has 0 spiro atoms. The molecule has 0 aromatic carbocycles. The lowest BCUT2D eigenvalue weighted by atomic mass is 9.85. The van der Waals surface area contributed by atoms with E-state index >= 15 is 0 Å². The minimum Gasteiger partial charge on any atom is -0.397 e. The van der Waals surface area contributed by atoms with Gasteiger partial charge in [-0.2, -0.15) is 0 Å². The maximum atomic E-state index is 9.08. The van der Waals surface area contributed by atoms with Gasteiger partial charge in [-0.05, 0) is 17.9 Å². The predicted molar refractivity (Wildman–Crippen MR) is 72.2 cm³/mol.